The minimum absolute atomic E-state index is 0.527. The molecule has 2 heteroatoms. The molecule has 0 radical (unpaired) electrons. The summed E-state index contributed by atoms with van der Waals surface area (Å²) < 4.78 is 4.73. The van der Waals surface area contributed by atoms with Gasteiger partial charge < -0.3 is 9.13 Å². The van der Waals surface area contributed by atoms with Crippen LogP contribution in [0.2, 0.25) is 0 Å². The van der Waals surface area contributed by atoms with E-state index in [9.17, 15) is 0 Å². The van der Waals surface area contributed by atoms with Crippen molar-refractivity contribution in [2.75, 3.05) is 0 Å². The zero-order valence-corrected chi connectivity index (χ0v) is 22.1. The predicted octanol–water partition coefficient (Wildman–Crippen LogP) is 9.37. The Morgan fingerprint density at radius 2 is 1.58 bits per heavy atom. The Hall–Kier alpha value is -3.78. The Balaban J connectivity index is 1.57. The van der Waals surface area contributed by atoms with Crippen LogP contribution in [0.25, 0.3) is 39.3 Å². The molecule has 0 spiro atoms. The molecule has 5 aromatic rings. The van der Waals surface area contributed by atoms with Crippen molar-refractivity contribution in [3.05, 3.63) is 114 Å². The Bertz CT molecular complexity index is 1570. The predicted molar refractivity (Wildman–Crippen MR) is 157 cm³/mol. The molecule has 0 bridgehead atoms. The van der Waals surface area contributed by atoms with Crippen LogP contribution in [0.5, 0.6) is 0 Å². The van der Waals surface area contributed by atoms with Gasteiger partial charge >= 0.3 is 0 Å². The number of nitrogens with zero attached hydrogens (tertiary/aromatic N) is 2. The zero-order chi connectivity index (χ0) is 25.2. The zero-order valence-electron chi connectivity index (χ0n) is 22.1. The van der Waals surface area contributed by atoms with Gasteiger partial charge in [-0.15, -0.1) is 0 Å². The van der Waals surface area contributed by atoms with Gasteiger partial charge in [-0.3, -0.25) is 0 Å². The summed E-state index contributed by atoms with van der Waals surface area (Å²) in [6, 6.07) is 24.5. The van der Waals surface area contributed by atoms with E-state index >= 15 is 0 Å². The van der Waals surface area contributed by atoms with Crippen LogP contribution in [-0.4, -0.2) is 9.13 Å². The fourth-order valence-corrected chi connectivity index (χ4v) is 5.36. The maximum Gasteiger partial charge on any atom is 0.0541 e. The molecule has 1 atom stereocenters. The van der Waals surface area contributed by atoms with Gasteiger partial charge in [-0.1, -0.05) is 61.9 Å². The fourth-order valence-electron chi connectivity index (χ4n) is 5.36. The average Bonchev–Trinajstić information content (AvgIpc) is 3.37. The second-order valence-electron chi connectivity index (χ2n) is 9.94. The number of para-hydroxylation sites is 1. The first-order valence-electron chi connectivity index (χ1n) is 13.1. The van der Waals surface area contributed by atoms with Gasteiger partial charge in [-0.25, -0.2) is 0 Å². The van der Waals surface area contributed by atoms with E-state index < -0.39 is 0 Å². The third-order valence-electron chi connectivity index (χ3n) is 7.19. The Kier molecular flexibility index (Phi) is 6.69. The largest absolute Gasteiger partial charge is 0.317 e. The van der Waals surface area contributed by atoms with Crippen LogP contribution in [0.4, 0.5) is 0 Å². The summed E-state index contributed by atoms with van der Waals surface area (Å²) in [4.78, 5) is 0. The molecule has 0 aliphatic heterocycles. The average molecular weight is 473 g/mol. The van der Waals surface area contributed by atoms with Gasteiger partial charge in [0, 0.05) is 34.0 Å². The molecular weight excluding hydrogens is 436 g/mol. The minimum Gasteiger partial charge on any atom is -0.317 e. The van der Waals surface area contributed by atoms with Crippen LogP contribution in [0.15, 0.2) is 91.2 Å². The topological polar surface area (TPSA) is 9.86 Å². The molecule has 0 saturated carbocycles. The van der Waals surface area contributed by atoms with Crippen molar-refractivity contribution < 1.29 is 0 Å². The first-order chi connectivity index (χ1) is 17.5. The molecule has 0 aliphatic rings. The molecule has 182 valence electrons. The molecule has 2 nitrogen and oxygen atoms in total. The van der Waals surface area contributed by atoms with E-state index in [2.05, 4.69) is 141 Å². The van der Waals surface area contributed by atoms with E-state index in [1.165, 1.54) is 55.6 Å². The first kappa shape index (κ1) is 23.9. The van der Waals surface area contributed by atoms with Gasteiger partial charge in [-0.05, 0) is 99.2 Å². The highest BCUT2D eigenvalue weighted by molar-refractivity contribution is 6.09. The van der Waals surface area contributed by atoms with Crippen molar-refractivity contribution in [1.82, 2.24) is 9.13 Å². The van der Waals surface area contributed by atoms with Gasteiger partial charge in [0.2, 0.25) is 0 Å². The lowest BCUT2D eigenvalue weighted by atomic mass is 9.99. The van der Waals surface area contributed by atoms with Gasteiger partial charge in [0.05, 0.1) is 11.0 Å². The monoisotopic (exact) mass is 472 g/mol. The maximum atomic E-state index is 2.38. The van der Waals surface area contributed by atoms with Crippen LogP contribution >= 0.6 is 0 Å². The standard InChI is InChI=1S/C34H36N2/c1-6-8-12-24(3)21-27-23-35(32(11-7-2)26(27)5)28-16-18-29(19-17-28)36-33-14-10-9-13-30(33)31-22-25(4)15-20-34(31)36/h7-20,22-24H,6,21H2,1-5H3/b11-7-,12-8-/t24-/m1/s1. The van der Waals surface area contributed by atoms with Crippen LogP contribution in [-0.2, 0) is 6.42 Å². The van der Waals surface area contributed by atoms with Crippen molar-refractivity contribution >= 4 is 27.9 Å². The lowest BCUT2D eigenvalue weighted by molar-refractivity contribution is 0.717. The fraction of sp³-hybridized carbons (Fsp3) is 0.235. The first-order valence-corrected chi connectivity index (χ1v) is 13.1. The van der Waals surface area contributed by atoms with Crippen LogP contribution in [0.3, 0.4) is 0 Å². The lowest BCUT2D eigenvalue weighted by Gasteiger charge is -2.11. The molecule has 0 amide bonds. The normalized spacial score (nSPS) is 13.0. The number of benzene rings is 3. The highest BCUT2D eigenvalue weighted by atomic mass is 15.0. The molecule has 3 aromatic carbocycles. The summed E-state index contributed by atoms with van der Waals surface area (Å²) in [5.41, 5.74) is 10.2. The van der Waals surface area contributed by atoms with E-state index in [4.69, 9.17) is 0 Å². The smallest absolute Gasteiger partial charge is 0.0541 e. The molecule has 2 heterocycles. The minimum atomic E-state index is 0.527. The second-order valence-corrected chi connectivity index (χ2v) is 9.94. The molecule has 5 rings (SSSR count). The number of aryl methyl sites for hydroxylation is 1. The molecule has 0 unspecified atom stereocenters. The van der Waals surface area contributed by atoms with Gasteiger partial charge in [0.25, 0.3) is 0 Å². The number of hydrogen-bond acceptors (Lipinski definition) is 0. The summed E-state index contributed by atoms with van der Waals surface area (Å²) >= 11 is 0. The van der Waals surface area contributed by atoms with Crippen LogP contribution < -0.4 is 0 Å². The van der Waals surface area contributed by atoms with Crippen molar-refractivity contribution in [1.29, 1.82) is 0 Å². The number of hydrogen-bond donors (Lipinski definition) is 0. The SMILES string of the molecule is C/C=C\c1c(C)c(C[C@H](C)/C=C\CC)cn1-c1ccc(-n2c3ccccc3c3cc(C)ccc32)cc1. The van der Waals surface area contributed by atoms with Gasteiger partial charge in [0.15, 0.2) is 0 Å². The summed E-state index contributed by atoms with van der Waals surface area (Å²) in [5.74, 6) is 0.527. The third-order valence-corrected chi connectivity index (χ3v) is 7.19. The highest BCUT2D eigenvalue weighted by Gasteiger charge is 2.15. The lowest BCUT2D eigenvalue weighted by Crippen LogP contribution is -1.98. The van der Waals surface area contributed by atoms with Gasteiger partial charge in [0.1, 0.15) is 0 Å². The quantitative estimate of drug-likeness (QED) is 0.209. The van der Waals surface area contributed by atoms with E-state index in [1.807, 2.05) is 0 Å². The maximum absolute atomic E-state index is 2.38. The molecule has 36 heavy (non-hydrogen) atoms. The molecule has 0 saturated heterocycles. The molecule has 0 fully saturated rings. The van der Waals surface area contributed by atoms with E-state index in [1.54, 1.807) is 0 Å². The van der Waals surface area contributed by atoms with E-state index in [0.29, 0.717) is 5.92 Å². The Morgan fingerprint density at radius 1 is 0.861 bits per heavy atom. The van der Waals surface area contributed by atoms with Crippen molar-refractivity contribution in [3.8, 4) is 11.4 Å². The van der Waals surface area contributed by atoms with E-state index in [0.717, 1.165) is 12.8 Å². The number of rotatable bonds is 7. The third kappa shape index (κ3) is 4.33. The van der Waals surface area contributed by atoms with Crippen LogP contribution in [0, 0.1) is 19.8 Å². The summed E-state index contributed by atoms with van der Waals surface area (Å²) in [6.45, 7) is 11.0. The second kappa shape index (κ2) is 10.1. The summed E-state index contributed by atoms with van der Waals surface area (Å²) in [6.07, 6.45) is 13.5. The Morgan fingerprint density at radius 3 is 2.33 bits per heavy atom. The summed E-state index contributed by atoms with van der Waals surface area (Å²) in [5, 5.41) is 2.61. The molecule has 0 aliphatic carbocycles. The van der Waals surface area contributed by atoms with Crippen molar-refractivity contribution in [3.63, 3.8) is 0 Å². The summed E-state index contributed by atoms with van der Waals surface area (Å²) in [7, 11) is 0. The van der Waals surface area contributed by atoms with Crippen molar-refractivity contribution in [2.24, 2.45) is 5.92 Å². The number of aromatic nitrogens is 2. The molecule has 2 aromatic heterocycles. The van der Waals surface area contributed by atoms with Crippen molar-refractivity contribution in [2.45, 2.75) is 47.5 Å². The number of allylic oxidation sites excluding steroid dienone is 3. The highest BCUT2D eigenvalue weighted by Crippen LogP contribution is 2.33. The molecule has 0 N–H and O–H groups in total. The Labute approximate surface area is 215 Å². The van der Waals surface area contributed by atoms with E-state index in [-0.39, 0.29) is 0 Å². The molecular formula is C34H36N2. The van der Waals surface area contributed by atoms with Gasteiger partial charge in [-0.2, -0.15) is 0 Å². The van der Waals surface area contributed by atoms with Crippen LogP contribution in [0.1, 0.15) is 49.6 Å². The number of fused-ring (bicyclic) bond motifs is 3.